The minimum atomic E-state index is -1.17. The van der Waals surface area contributed by atoms with Crippen molar-refractivity contribution in [3.63, 3.8) is 0 Å². The molecule has 74 valence electrons. The number of aliphatic hydroxyl groups is 1. The van der Waals surface area contributed by atoms with E-state index >= 15 is 0 Å². The van der Waals surface area contributed by atoms with Crippen LogP contribution in [0.2, 0.25) is 0 Å². The first-order valence-electron chi connectivity index (χ1n) is 3.86. The number of phenols is 3. The molecule has 5 nitrogen and oxygen atoms in total. The Morgan fingerprint density at radius 3 is 2.43 bits per heavy atom. The summed E-state index contributed by atoms with van der Waals surface area (Å²) in [4.78, 5) is 0. The van der Waals surface area contributed by atoms with Crippen LogP contribution in [0.25, 0.3) is 0 Å². The van der Waals surface area contributed by atoms with Crippen LogP contribution >= 0.6 is 0 Å². The first kappa shape index (κ1) is 10.2. The Labute approximate surface area is 80.1 Å². The number of aromatic hydroxyl groups is 3. The minimum Gasteiger partial charge on any atom is -0.504 e. The second-order valence-corrected chi connectivity index (χ2v) is 2.75. The second-order valence-electron chi connectivity index (χ2n) is 2.75. The van der Waals surface area contributed by atoms with Gasteiger partial charge in [0.25, 0.3) is 0 Å². The summed E-state index contributed by atoms with van der Waals surface area (Å²) in [5.74, 6) is -1.78. The SMILES string of the molecule is N#CCC(O)c1ccc(O)c(O)c1O. The molecule has 1 atom stereocenters. The number of hydrogen-bond donors (Lipinski definition) is 4. The lowest BCUT2D eigenvalue weighted by Gasteiger charge is -2.10. The Morgan fingerprint density at radius 2 is 1.86 bits per heavy atom. The number of hydrogen-bond acceptors (Lipinski definition) is 5. The van der Waals surface area contributed by atoms with Gasteiger partial charge in [0.15, 0.2) is 11.5 Å². The highest BCUT2D eigenvalue weighted by Crippen LogP contribution is 2.40. The first-order chi connectivity index (χ1) is 6.57. The predicted octanol–water partition coefficient (Wildman–Crippen LogP) is 0.750. The van der Waals surface area contributed by atoms with E-state index in [1.165, 1.54) is 6.07 Å². The maximum Gasteiger partial charge on any atom is 0.200 e. The van der Waals surface area contributed by atoms with Crippen molar-refractivity contribution in [2.24, 2.45) is 0 Å². The first-order valence-corrected chi connectivity index (χ1v) is 3.86. The molecule has 5 heteroatoms. The zero-order valence-corrected chi connectivity index (χ0v) is 7.18. The summed E-state index contributed by atoms with van der Waals surface area (Å²) in [6, 6.07) is 4.09. The molecular weight excluding hydrogens is 186 g/mol. The molecule has 0 fully saturated rings. The van der Waals surface area contributed by atoms with Gasteiger partial charge in [0.05, 0.1) is 18.6 Å². The smallest absolute Gasteiger partial charge is 0.200 e. The molecule has 0 amide bonds. The fourth-order valence-corrected chi connectivity index (χ4v) is 1.05. The van der Waals surface area contributed by atoms with Crippen molar-refractivity contribution in [2.75, 3.05) is 0 Å². The third kappa shape index (κ3) is 1.70. The van der Waals surface area contributed by atoms with E-state index in [9.17, 15) is 10.2 Å². The Hall–Kier alpha value is -1.93. The van der Waals surface area contributed by atoms with Gasteiger partial charge >= 0.3 is 0 Å². The fraction of sp³-hybridized carbons (Fsp3) is 0.222. The zero-order valence-electron chi connectivity index (χ0n) is 7.18. The quantitative estimate of drug-likeness (QED) is 0.521. The zero-order chi connectivity index (χ0) is 10.7. The van der Waals surface area contributed by atoms with Gasteiger partial charge in [0, 0.05) is 5.56 Å². The van der Waals surface area contributed by atoms with Crippen molar-refractivity contribution in [3.8, 4) is 23.3 Å². The van der Waals surface area contributed by atoms with Gasteiger partial charge in [-0.2, -0.15) is 5.26 Å². The van der Waals surface area contributed by atoms with Gasteiger partial charge in [0.2, 0.25) is 5.75 Å². The Kier molecular flexibility index (Phi) is 2.79. The van der Waals surface area contributed by atoms with Crippen molar-refractivity contribution >= 4 is 0 Å². The van der Waals surface area contributed by atoms with Gasteiger partial charge in [-0.25, -0.2) is 0 Å². The van der Waals surface area contributed by atoms with Crippen LogP contribution in [-0.4, -0.2) is 20.4 Å². The Morgan fingerprint density at radius 1 is 1.21 bits per heavy atom. The summed E-state index contributed by atoms with van der Waals surface area (Å²) in [5.41, 5.74) is 0.0156. The molecule has 0 aliphatic carbocycles. The largest absolute Gasteiger partial charge is 0.504 e. The van der Waals surface area contributed by atoms with Crippen LogP contribution in [0.1, 0.15) is 18.1 Å². The summed E-state index contributed by atoms with van der Waals surface area (Å²) in [5, 5.41) is 45.0. The lowest BCUT2D eigenvalue weighted by Crippen LogP contribution is -1.96. The standard InChI is InChI=1S/C9H9NO4/c10-4-3-6(11)5-1-2-7(12)9(14)8(5)13/h1-2,6,11-14H,3H2. The third-order valence-corrected chi connectivity index (χ3v) is 1.80. The highest BCUT2D eigenvalue weighted by Gasteiger charge is 2.17. The van der Waals surface area contributed by atoms with Gasteiger partial charge < -0.3 is 20.4 Å². The van der Waals surface area contributed by atoms with Crippen LogP contribution in [0.5, 0.6) is 17.2 Å². The van der Waals surface area contributed by atoms with E-state index in [2.05, 4.69) is 0 Å². The minimum absolute atomic E-state index is 0.0156. The van der Waals surface area contributed by atoms with E-state index in [-0.39, 0.29) is 12.0 Å². The average molecular weight is 195 g/mol. The van der Waals surface area contributed by atoms with Crippen LogP contribution < -0.4 is 0 Å². The number of rotatable bonds is 2. The van der Waals surface area contributed by atoms with Crippen molar-refractivity contribution in [3.05, 3.63) is 17.7 Å². The van der Waals surface area contributed by atoms with E-state index in [1.807, 2.05) is 0 Å². The summed E-state index contributed by atoms with van der Waals surface area (Å²) in [7, 11) is 0. The molecule has 1 rings (SSSR count). The maximum absolute atomic E-state index is 9.34. The topological polar surface area (TPSA) is 105 Å². The summed E-state index contributed by atoms with van der Waals surface area (Å²) in [6.45, 7) is 0. The van der Waals surface area contributed by atoms with Gasteiger partial charge in [-0.15, -0.1) is 0 Å². The van der Waals surface area contributed by atoms with Gasteiger partial charge in [-0.3, -0.25) is 0 Å². The van der Waals surface area contributed by atoms with Crippen molar-refractivity contribution in [2.45, 2.75) is 12.5 Å². The molecule has 1 aromatic carbocycles. The van der Waals surface area contributed by atoms with E-state index in [0.717, 1.165) is 6.07 Å². The van der Waals surface area contributed by atoms with E-state index in [0.29, 0.717) is 0 Å². The van der Waals surface area contributed by atoms with Gasteiger partial charge in [-0.05, 0) is 12.1 Å². The summed E-state index contributed by atoms with van der Waals surface area (Å²) in [6.07, 6.45) is -1.37. The van der Waals surface area contributed by atoms with Crippen molar-refractivity contribution in [1.29, 1.82) is 5.26 Å². The molecule has 0 heterocycles. The third-order valence-electron chi connectivity index (χ3n) is 1.80. The van der Waals surface area contributed by atoms with Gasteiger partial charge in [0.1, 0.15) is 0 Å². The number of benzene rings is 1. The predicted molar refractivity (Wildman–Crippen MR) is 46.6 cm³/mol. The molecule has 0 bridgehead atoms. The van der Waals surface area contributed by atoms with E-state index in [1.54, 1.807) is 6.07 Å². The lowest BCUT2D eigenvalue weighted by molar-refractivity contribution is 0.178. The van der Waals surface area contributed by atoms with Gasteiger partial charge in [-0.1, -0.05) is 0 Å². The van der Waals surface area contributed by atoms with Crippen LogP contribution in [0.15, 0.2) is 12.1 Å². The molecular formula is C9H9NO4. The van der Waals surface area contributed by atoms with Crippen molar-refractivity contribution in [1.82, 2.24) is 0 Å². The number of nitrogens with zero attached hydrogens (tertiary/aromatic N) is 1. The Bertz CT molecular complexity index is 383. The molecule has 14 heavy (non-hydrogen) atoms. The number of nitriles is 1. The molecule has 1 unspecified atom stereocenters. The van der Waals surface area contributed by atoms with Crippen LogP contribution in [0, 0.1) is 11.3 Å². The van der Waals surface area contributed by atoms with E-state index in [4.69, 9.17) is 15.5 Å². The molecule has 0 aliphatic rings. The molecule has 1 aromatic rings. The Balaban J connectivity index is 3.12. The maximum atomic E-state index is 9.34. The molecule has 0 saturated heterocycles. The molecule has 0 aliphatic heterocycles. The lowest BCUT2D eigenvalue weighted by atomic mass is 10.1. The summed E-state index contributed by atoms with van der Waals surface area (Å²) < 4.78 is 0. The monoisotopic (exact) mass is 195 g/mol. The highest BCUT2D eigenvalue weighted by molar-refractivity contribution is 5.53. The molecule has 0 aromatic heterocycles. The number of aliphatic hydroxyl groups excluding tert-OH is 1. The van der Waals surface area contributed by atoms with Crippen LogP contribution in [0.4, 0.5) is 0 Å². The highest BCUT2D eigenvalue weighted by atomic mass is 16.3. The fourth-order valence-electron chi connectivity index (χ4n) is 1.05. The molecule has 0 spiro atoms. The van der Waals surface area contributed by atoms with Crippen LogP contribution in [0.3, 0.4) is 0 Å². The van der Waals surface area contributed by atoms with E-state index < -0.39 is 23.4 Å². The second kappa shape index (κ2) is 3.85. The normalized spacial score (nSPS) is 12.0. The molecule has 4 N–H and O–H groups in total. The molecule has 0 saturated carbocycles. The van der Waals surface area contributed by atoms with Crippen LogP contribution in [-0.2, 0) is 0 Å². The van der Waals surface area contributed by atoms with Crippen molar-refractivity contribution < 1.29 is 20.4 Å². The summed E-state index contributed by atoms with van der Waals surface area (Å²) >= 11 is 0. The molecule has 0 radical (unpaired) electrons. The number of phenolic OH excluding ortho intramolecular Hbond substituents is 3. The average Bonchev–Trinajstić information content (AvgIpc) is 2.15.